The Kier molecular flexibility index (Phi) is 4.79. The molecule has 0 spiro atoms. The van der Waals surface area contributed by atoms with Crippen LogP contribution in [0.3, 0.4) is 0 Å². The summed E-state index contributed by atoms with van der Waals surface area (Å²) in [5.41, 5.74) is 8.74. The highest BCUT2D eigenvalue weighted by atomic mass is 16.3. The molecule has 0 aliphatic rings. The van der Waals surface area contributed by atoms with Crippen LogP contribution in [-0.2, 0) is 0 Å². The number of anilines is 3. The van der Waals surface area contributed by atoms with Crippen LogP contribution in [0.1, 0.15) is 0 Å². The van der Waals surface area contributed by atoms with Crippen LogP contribution in [0.4, 0.5) is 17.1 Å². The van der Waals surface area contributed by atoms with E-state index in [0.717, 1.165) is 72.0 Å². The highest BCUT2D eigenvalue weighted by molar-refractivity contribution is 6.24. The van der Waals surface area contributed by atoms with E-state index in [0.29, 0.717) is 0 Å². The monoisotopic (exact) mass is 502 g/mol. The summed E-state index contributed by atoms with van der Waals surface area (Å²) in [6.45, 7) is 0. The third-order valence-corrected chi connectivity index (χ3v) is 7.41. The van der Waals surface area contributed by atoms with Crippen molar-refractivity contribution in [2.75, 3.05) is 4.90 Å². The number of hydrogen-bond acceptors (Lipinski definition) is 4. The van der Waals surface area contributed by atoms with E-state index in [1.165, 1.54) is 6.39 Å². The predicted molar refractivity (Wildman–Crippen MR) is 159 cm³/mol. The molecule has 0 unspecified atom stereocenters. The summed E-state index contributed by atoms with van der Waals surface area (Å²) in [4.78, 5) is 6.79. The van der Waals surface area contributed by atoms with Gasteiger partial charge in [-0.25, -0.2) is 4.98 Å². The number of rotatable bonds is 4. The number of para-hydroxylation sites is 3. The Morgan fingerprint density at radius 1 is 0.538 bits per heavy atom. The van der Waals surface area contributed by atoms with Crippen molar-refractivity contribution in [1.82, 2.24) is 4.98 Å². The molecule has 0 saturated carbocycles. The summed E-state index contributed by atoms with van der Waals surface area (Å²) >= 11 is 0. The van der Waals surface area contributed by atoms with Crippen molar-refractivity contribution in [3.05, 3.63) is 134 Å². The fourth-order valence-corrected chi connectivity index (χ4v) is 5.63. The summed E-state index contributed by atoms with van der Waals surface area (Å²) in [5, 5.41) is 4.19. The highest BCUT2D eigenvalue weighted by Gasteiger charge is 2.19. The van der Waals surface area contributed by atoms with Gasteiger partial charge in [0.2, 0.25) is 0 Å². The summed E-state index contributed by atoms with van der Waals surface area (Å²) < 4.78 is 12.3. The lowest BCUT2D eigenvalue weighted by Crippen LogP contribution is -2.09. The lowest BCUT2D eigenvalue weighted by atomic mass is 9.95. The second-order valence-electron chi connectivity index (χ2n) is 9.64. The maximum atomic E-state index is 6.39. The average Bonchev–Trinajstić information content (AvgIpc) is 3.63. The molecule has 0 aliphatic carbocycles. The predicted octanol–water partition coefficient (Wildman–Crippen LogP) is 10.0. The minimum absolute atomic E-state index is 0.745. The number of furan rings is 1. The number of fused-ring (bicyclic) bond motifs is 7. The van der Waals surface area contributed by atoms with Crippen molar-refractivity contribution in [3.8, 4) is 11.1 Å². The second kappa shape index (κ2) is 8.61. The van der Waals surface area contributed by atoms with E-state index in [1.807, 2.05) is 30.3 Å². The summed E-state index contributed by atoms with van der Waals surface area (Å²) in [7, 11) is 0. The quantitative estimate of drug-likeness (QED) is 0.240. The van der Waals surface area contributed by atoms with Crippen LogP contribution in [0, 0.1) is 0 Å². The third kappa shape index (κ3) is 3.42. The Balaban J connectivity index is 1.32. The van der Waals surface area contributed by atoms with E-state index in [9.17, 15) is 0 Å². The largest absolute Gasteiger partial charge is 0.455 e. The van der Waals surface area contributed by atoms with Crippen molar-refractivity contribution in [3.63, 3.8) is 0 Å². The van der Waals surface area contributed by atoms with Crippen molar-refractivity contribution < 1.29 is 8.83 Å². The van der Waals surface area contributed by atoms with Gasteiger partial charge in [-0.05, 0) is 71.1 Å². The van der Waals surface area contributed by atoms with E-state index < -0.39 is 0 Å². The first-order chi connectivity index (χ1) is 19.3. The standard InChI is InChI=1S/C35H22N2O2/c1-3-9-24(10-4-1)37(25-11-5-2-6-12-25)26-17-15-23(16-18-26)30-21-31-35(38-22-36-31)33-28(30)19-20-29-27-13-7-8-14-32(27)39-34(29)33/h1-22H. The van der Waals surface area contributed by atoms with Gasteiger partial charge >= 0.3 is 0 Å². The molecule has 4 nitrogen and oxygen atoms in total. The number of benzene rings is 6. The summed E-state index contributed by atoms with van der Waals surface area (Å²) in [6, 6.07) is 44.1. The van der Waals surface area contributed by atoms with Crippen molar-refractivity contribution in [1.29, 1.82) is 0 Å². The number of hydrogen-bond donors (Lipinski definition) is 0. The molecule has 0 aliphatic heterocycles. The van der Waals surface area contributed by atoms with Crippen LogP contribution < -0.4 is 4.90 Å². The molecule has 0 fully saturated rings. The van der Waals surface area contributed by atoms with Gasteiger partial charge in [0.15, 0.2) is 12.0 Å². The first kappa shape index (κ1) is 21.7. The Morgan fingerprint density at radius 2 is 1.18 bits per heavy atom. The Morgan fingerprint density at radius 3 is 1.92 bits per heavy atom. The Labute approximate surface area is 224 Å². The second-order valence-corrected chi connectivity index (χ2v) is 9.64. The zero-order chi connectivity index (χ0) is 25.8. The molecule has 0 radical (unpaired) electrons. The van der Waals surface area contributed by atoms with Crippen LogP contribution in [0.5, 0.6) is 0 Å². The SMILES string of the molecule is c1ccc(N(c2ccccc2)c2ccc(-c3cc4ncoc4c4c3ccc3c5ccccc5oc34)cc2)cc1. The molecule has 0 amide bonds. The van der Waals surface area contributed by atoms with Crippen LogP contribution >= 0.6 is 0 Å². The molecule has 8 aromatic rings. The Hall–Kier alpha value is -5.35. The van der Waals surface area contributed by atoms with Gasteiger partial charge in [-0.2, -0.15) is 0 Å². The average molecular weight is 503 g/mol. The number of nitrogens with zero attached hydrogens (tertiary/aromatic N) is 2. The van der Waals surface area contributed by atoms with E-state index in [-0.39, 0.29) is 0 Å². The molecule has 8 rings (SSSR count). The van der Waals surface area contributed by atoms with Crippen molar-refractivity contribution in [2.45, 2.75) is 0 Å². The first-order valence-electron chi connectivity index (χ1n) is 13.0. The topological polar surface area (TPSA) is 42.4 Å². The van der Waals surface area contributed by atoms with Gasteiger partial charge in [0, 0.05) is 27.8 Å². The first-order valence-corrected chi connectivity index (χ1v) is 13.0. The minimum atomic E-state index is 0.745. The smallest absolute Gasteiger partial charge is 0.182 e. The van der Waals surface area contributed by atoms with Crippen LogP contribution in [0.2, 0.25) is 0 Å². The van der Waals surface area contributed by atoms with Gasteiger partial charge in [-0.3, -0.25) is 0 Å². The normalized spacial score (nSPS) is 11.6. The third-order valence-electron chi connectivity index (χ3n) is 7.41. The zero-order valence-electron chi connectivity index (χ0n) is 20.9. The van der Waals surface area contributed by atoms with E-state index in [2.05, 4.69) is 107 Å². The van der Waals surface area contributed by atoms with E-state index >= 15 is 0 Å². The fraction of sp³-hybridized carbons (Fsp3) is 0. The summed E-state index contributed by atoms with van der Waals surface area (Å²) in [6.07, 6.45) is 1.51. The lowest BCUT2D eigenvalue weighted by molar-refractivity contribution is 0.604. The minimum Gasteiger partial charge on any atom is -0.455 e. The molecular formula is C35H22N2O2. The molecule has 2 aromatic heterocycles. The Bertz CT molecular complexity index is 2070. The molecule has 2 heterocycles. The van der Waals surface area contributed by atoms with E-state index in [4.69, 9.17) is 8.83 Å². The fourth-order valence-electron chi connectivity index (χ4n) is 5.63. The molecular weight excluding hydrogens is 480 g/mol. The molecule has 39 heavy (non-hydrogen) atoms. The molecule has 0 atom stereocenters. The maximum Gasteiger partial charge on any atom is 0.182 e. The lowest BCUT2D eigenvalue weighted by Gasteiger charge is -2.25. The zero-order valence-corrected chi connectivity index (χ0v) is 20.9. The van der Waals surface area contributed by atoms with Gasteiger partial charge < -0.3 is 13.7 Å². The molecule has 184 valence electrons. The number of aromatic nitrogens is 1. The van der Waals surface area contributed by atoms with Crippen molar-refractivity contribution >= 4 is 60.9 Å². The van der Waals surface area contributed by atoms with Gasteiger partial charge in [0.05, 0.1) is 5.39 Å². The molecule has 6 aromatic carbocycles. The summed E-state index contributed by atoms with van der Waals surface area (Å²) in [5.74, 6) is 0. The molecule has 0 N–H and O–H groups in total. The van der Waals surface area contributed by atoms with Crippen LogP contribution in [-0.4, -0.2) is 4.98 Å². The molecule has 0 saturated heterocycles. The van der Waals surface area contributed by atoms with Gasteiger partial charge in [-0.15, -0.1) is 0 Å². The van der Waals surface area contributed by atoms with Crippen molar-refractivity contribution in [2.24, 2.45) is 0 Å². The molecule has 0 bridgehead atoms. The maximum absolute atomic E-state index is 6.39. The number of oxazole rings is 1. The van der Waals surface area contributed by atoms with Gasteiger partial charge in [0.1, 0.15) is 16.7 Å². The van der Waals surface area contributed by atoms with E-state index in [1.54, 1.807) is 0 Å². The van der Waals surface area contributed by atoms with Gasteiger partial charge in [0.25, 0.3) is 0 Å². The highest BCUT2D eigenvalue weighted by Crippen LogP contribution is 2.42. The van der Waals surface area contributed by atoms with Crippen LogP contribution in [0.25, 0.3) is 54.9 Å². The van der Waals surface area contributed by atoms with Gasteiger partial charge in [-0.1, -0.05) is 72.8 Å². The molecule has 4 heteroatoms. The van der Waals surface area contributed by atoms with Crippen LogP contribution in [0.15, 0.2) is 143 Å².